The van der Waals surface area contributed by atoms with E-state index in [2.05, 4.69) is 38.0 Å². The van der Waals surface area contributed by atoms with Crippen LogP contribution in [0.1, 0.15) is 0 Å². The van der Waals surface area contributed by atoms with Crippen molar-refractivity contribution < 1.29 is 14.3 Å². The molecule has 0 spiro atoms. The third-order valence-electron chi connectivity index (χ3n) is 4.21. The van der Waals surface area contributed by atoms with Gasteiger partial charge in [-0.25, -0.2) is 0 Å². The zero-order valence-electron chi connectivity index (χ0n) is 16.9. The molecule has 0 bridgehead atoms. The zero-order chi connectivity index (χ0) is 22.4. The normalized spacial score (nSPS) is 10.6. The molecule has 0 atom stereocenters. The van der Waals surface area contributed by atoms with E-state index in [1.165, 1.54) is 11.8 Å². The second-order valence-electron chi connectivity index (χ2n) is 6.24. The molecule has 0 saturated heterocycles. The van der Waals surface area contributed by atoms with Crippen molar-refractivity contribution in [1.29, 1.82) is 0 Å². The number of halogens is 2. The number of amides is 1. The van der Waals surface area contributed by atoms with Gasteiger partial charge in [0.25, 0.3) is 0 Å². The van der Waals surface area contributed by atoms with E-state index in [9.17, 15) is 4.79 Å². The number of nitrogens with one attached hydrogen (secondary N) is 1. The zero-order valence-corrected chi connectivity index (χ0v) is 20.1. The van der Waals surface area contributed by atoms with Gasteiger partial charge in [0.15, 0.2) is 22.5 Å². The molecule has 1 heterocycles. The van der Waals surface area contributed by atoms with E-state index in [0.717, 1.165) is 10.0 Å². The molecular weight excluding hydrogens is 504 g/mol. The lowest BCUT2D eigenvalue weighted by Gasteiger charge is -2.11. The van der Waals surface area contributed by atoms with Gasteiger partial charge < -0.3 is 14.8 Å². The Balaban J connectivity index is 1.77. The molecular formula is C21H20BrClN4O3S. The summed E-state index contributed by atoms with van der Waals surface area (Å²) in [6.07, 6.45) is 1.75. The molecule has 2 aromatic carbocycles. The molecule has 3 rings (SSSR count). The maximum atomic E-state index is 12.4. The van der Waals surface area contributed by atoms with Crippen LogP contribution in [-0.4, -0.2) is 40.6 Å². The van der Waals surface area contributed by atoms with Gasteiger partial charge in [-0.2, -0.15) is 0 Å². The Morgan fingerprint density at radius 2 is 2.00 bits per heavy atom. The quantitative estimate of drug-likeness (QED) is 0.303. The fourth-order valence-electron chi connectivity index (χ4n) is 2.79. The number of carbonyl (C=O) groups excluding carboxylic acids is 1. The van der Waals surface area contributed by atoms with Crippen molar-refractivity contribution in [2.75, 3.05) is 25.3 Å². The Bertz CT molecular complexity index is 1110. The lowest BCUT2D eigenvalue weighted by molar-refractivity contribution is -0.113. The first-order valence-corrected chi connectivity index (χ1v) is 11.3. The summed E-state index contributed by atoms with van der Waals surface area (Å²) in [5.41, 5.74) is 1.36. The minimum absolute atomic E-state index is 0.146. The first-order chi connectivity index (χ1) is 15.0. The molecule has 0 aliphatic rings. The first-order valence-electron chi connectivity index (χ1n) is 9.11. The second kappa shape index (κ2) is 10.7. The van der Waals surface area contributed by atoms with E-state index in [0.29, 0.717) is 39.7 Å². The Morgan fingerprint density at radius 1 is 1.23 bits per heavy atom. The standard InChI is InChI=1S/C21H20BrClN4O3S/c1-4-9-27-20(13-5-8-17(29-2)18(10-13)30-3)25-26-21(27)31-12-19(28)24-16-7-6-14(22)11-15(16)23/h4-8,10-11H,1,9,12H2,2-3H3,(H,24,28). The summed E-state index contributed by atoms with van der Waals surface area (Å²) in [6.45, 7) is 4.30. The largest absolute Gasteiger partial charge is 0.493 e. The van der Waals surface area contributed by atoms with Crippen LogP contribution in [-0.2, 0) is 11.3 Å². The van der Waals surface area contributed by atoms with Crippen molar-refractivity contribution in [2.24, 2.45) is 0 Å². The van der Waals surface area contributed by atoms with E-state index in [-0.39, 0.29) is 11.7 Å². The van der Waals surface area contributed by atoms with E-state index in [1.807, 2.05) is 28.8 Å². The summed E-state index contributed by atoms with van der Waals surface area (Å²) < 4.78 is 13.4. The highest BCUT2D eigenvalue weighted by Gasteiger charge is 2.17. The highest BCUT2D eigenvalue weighted by Crippen LogP contribution is 2.33. The molecule has 10 heteroatoms. The number of thioether (sulfide) groups is 1. The average Bonchev–Trinajstić information content (AvgIpc) is 3.16. The van der Waals surface area contributed by atoms with Crippen molar-refractivity contribution in [3.8, 4) is 22.9 Å². The summed E-state index contributed by atoms with van der Waals surface area (Å²) in [5.74, 6) is 1.80. The number of anilines is 1. The van der Waals surface area contributed by atoms with Crippen LogP contribution >= 0.6 is 39.3 Å². The van der Waals surface area contributed by atoms with Crippen molar-refractivity contribution >= 4 is 50.9 Å². The number of nitrogens with zero attached hydrogens (tertiary/aromatic N) is 3. The summed E-state index contributed by atoms with van der Waals surface area (Å²) in [6, 6.07) is 10.8. The van der Waals surface area contributed by atoms with Crippen LogP contribution in [0, 0.1) is 0 Å². The van der Waals surface area contributed by atoms with E-state index in [4.69, 9.17) is 21.1 Å². The van der Waals surface area contributed by atoms with Gasteiger partial charge in [0.05, 0.1) is 30.7 Å². The van der Waals surface area contributed by atoms with Crippen LogP contribution in [0.4, 0.5) is 5.69 Å². The third kappa shape index (κ3) is 5.61. The molecule has 7 nitrogen and oxygen atoms in total. The van der Waals surface area contributed by atoms with Gasteiger partial charge in [-0.05, 0) is 36.4 Å². The molecule has 0 unspecified atom stereocenters. The molecule has 0 aliphatic heterocycles. The number of rotatable bonds is 9. The smallest absolute Gasteiger partial charge is 0.234 e. The average molecular weight is 524 g/mol. The maximum Gasteiger partial charge on any atom is 0.234 e. The van der Waals surface area contributed by atoms with Gasteiger partial charge in [0.2, 0.25) is 5.91 Å². The first kappa shape index (κ1) is 23.2. The number of hydrogen-bond donors (Lipinski definition) is 1. The number of methoxy groups -OCH3 is 2. The minimum atomic E-state index is -0.199. The van der Waals surface area contributed by atoms with Crippen LogP contribution in [0.5, 0.6) is 11.5 Å². The third-order valence-corrected chi connectivity index (χ3v) is 5.98. The van der Waals surface area contributed by atoms with Crippen molar-refractivity contribution in [2.45, 2.75) is 11.7 Å². The molecule has 0 fully saturated rings. The monoisotopic (exact) mass is 522 g/mol. The van der Waals surface area contributed by atoms with E-state index in [1.54, 1.807) is 32.4 Å². The van der Waals surface area contributed by atoms with Gasteiger partial charge >= 0.3 is 0 Å². The molecule has 1 aromatic heterocycles. The molecule has 0 radical (unpaired) electrons. The molecule has 0 aliphatic carbocycles. The topological polar surface area (TPSA) is 78.3 Å². The lowest BCUT2D eigenvalue weighted by Crippen LogP contribution is -2.15. The van der Waals surface area contributed by atoms with E-state index < -0.39 is 0 Å². The van der Waals surface area contributed by atoms with Gasteiger partial charge in [-0.3, -0.25) is 9.36 Å². The number of ether oxygens (including phenoxy) is 2. The van der Waals surface area contributed by atoms with Crippen molar-refractivity contribution in [3.63, 3.8) is 0 Å². The van der Waals surface area contributed by atoms with Crippen molar-refractivity contribution in [1.82, 2.24) is 14.8 Å². The Morgan fingerprint density at radius 3 is 2.68 bits per heavy atom. The minimum Gasteiger partial charge on any atom is -0.493 e. The maximum absolute atomic E-state index is 12.4. The van der Waals surface area contributed by atoms with Gasteiger partial charge in [-0.1, -0.05) is 45.4 Å². The second-order valence-corrected chi connectivity index (χ2v) is 8.50. The summed E-state index contributed by atoms with van der Waals surface area (Å²) >= 11 is 10.8. The molecule has 0 saturated carbocycles. The van der Waals surface area contributed by atoms with Crippen LogP contribution in [0.25, 0.3) is 11.4 Å². The highest BCUT2D eigenvalue weighted by molar-refractivity contribution is 9.10. The fraction of sp³-hybridized carbons (Fsp3) is 0.190. The predicted molar refractivity (Wildman–Crippen MR) is 127 cm³/mol. The predicted octanol–water partition coefficient (Wildman–Crippen LogP) is 5.30. The summed E-state index contributed by atoms with van der Waals surface area (Å²) in [5, 5.41) is 12.4. The van der Waals surface area contributed by atoms with Crippen LogP contribution < -0.4 is 14.8 Å². The molecule has 3 aromatic rings. The number of benzene rings is 2. The number of aromatic nitrogens is 3. The SMILES string of the molecule is C=CCn1c(SCC(=O)Nc2ccc(Br)cc2Cl)nnc1-c1ccc(OC)c(OC)c1. The van der Waals surface area contributed by atoms with Crippen molar-refractivity contribution in [3.05, 3.63) is 58.5 Å². The number of hydrogen-bond acceptors (Lipinski definition) is 6. The Labute approximate surface area is 197 Å². The highest BCUT2D eigenvalue weighted by atomic mass is 79.9. The number of carbonyl (C=O) groups is 1. The van der Waals surface area contributed by atoms with Gasteiger partial charge in [-0.15, -0.1) is 16.8 Å². The number of allylic oxidation sites excluding steroid dienone is 1. The lowest BCUT2D eigenvalue weighted by atomic mass is 10.2. The molecule has 1 N–H and O–H groups in total. The molecule has 1 amide bonds. The van der Waals surface area contributed by atoms with Gasteiger partial charge in [0.1, 0.15) is 0 Å². The van der Waals surface area contributed by atoms with Crippen LogP contribution in [0.15, 0.2) is 58.7 Å². The van der Waals surface area contributed by atoms with Crippen LogP contribution in [0.3, 0.4) is 0 Å². The molecule has 162 valence electrons. The Kier molecular flexibility index (Phi) is 8.00. The Hall–Kier alpha value is -2.49. The molecule has 31 heavy (non-hydrogen) atoms. The van der Waals surface area contributed by atoms with E-state index >= 15 is 0 Å². The van der Waals surface area contributed by atoms with Gasteiger partial charge in [0, 0.05) is 16.6 Å². The summed E-state index contributed by atoms with van der Waals surface area (Å²) in [7, 11) is 3.16. The summed E-state index contributed by atoms with van der Waals surface area (Å²) in [4.78, 5) is 12.4. The van der Waals surface area contributed by atoms with Crippen LogP contribution in [0.2, 0.25) is 5.02 Å². The fourth-order valence-corrected chi connectivity index (χ4v) is 4.25.